The average molecular weight is 333 g/mol. The van der Waals surface area contributed by atoms with Gasteiger partial charge in [0.1, 0.15) is 5.75 Å². The Labute approximate surface area is 140 Å². The van der Waals surface area contributed by atoms with Gasteiger partial charge >= 0.3 is 0 Å². The van der Waals surface area contributed by atoms with Gasteiger partial charge in [-0.15, -0.1) is 0 Å². The van der Waals surface area contributed by atoms with E-state index in [9.17, 15) is 4.79 Å². The van der Waals surface area contributed by atoms with E-state index in [-0.39, 0.29) is 5.56 Å². The molecule has 5 nitrogen and oxygen atoms in total. The van der Waals surface area contributed by atoms with Crippen LogP contribution >= 0.6 is 11.8 Å². The summed E-state index contributed by atoms with van der Waals surface area (Å²) in [4.78, 5) is 19.0. The summed E-state index contributed by atoms with van der Waals surface area (Å²) in [6, 6.07) is 9.18. The number of nitrogens with zero attached hydrogens (tertiary/aromatic N) is 1. The molecule has 0 saturated heterocycles. The molecule has 124 valence electrons. The number of aromatic amines is 1. The third kappa shape index (κ3) is 5.63. The number of benzene rings is 1. The lowest BCUT2D eigenvalue weighted by atomic mass is 10.3. The number of para-hydroxylation sites is 2. The molecule has 0 unspecified atom stereocenters. The summed E-state index contributed by atoms with van der Waals surface area (Å²) < 4.78 is 5.71. The zero-order chi connectivity index (χ0) is 16.7. The molecule has 2 rings (SSSR count). The molecule has 0 radical (unpaired) electrons. The van der Waals surface area contributed by atoms with E-state index in [0.29, 0.717) is 23.6 Å². The van der Waals surface area contributed by atoms with E-state index in [1.54, 1.807) is 17.8 Å². The van der Waals surface area contributed by atoms with Gasteiger partial charge in [0, 0.05) is 11.8 Å². The van der Waals surface area contributed by atoms with Crippen molar-refractivity contribution in [3.8, 4) is 5.75 Å². The largest absolute Gasteiger partial charge is 0.491 e. The highest BCUT2D eigenvalue weighted by Crippen LogP contribution is 2.26. The van der Waals surface area contributed by atoms with Crippen LogP contribution < -0.4 is 15.6 Å². The predicted molar refractivity (Wildman–Crippen MR) is 96.8 cm³/mol. The van der Waals surface area contributed by atoms with Gasteiger partial charge in [-0.05, 0) is 23.8 Å². The Morgan fingerprint density at radius 1 is 1.35 bits per heavy atom. The summed E-state index contributed by atoms with van der Waals surface area (Å²) in [5.74, 6) is 1.90. The molecule has 0 fully saturated rings. The quantitative estimate of drug-likeness (QED) is 0.766. The topological polar surface area (TPSA) is 67.0 Å². The number of hydrogen-bond acceptors (Lipinski definition) is 5. The number of hydrogen-bond donors (Lipinski definition) is 2. The van der Waals surface area contributed by atoms with Crippen molar-refractivity contribution in [2.75, 3.05) is 11.9 Å². The molecule has 1 aromatic heterocycles. The third-order valence-corrected chi connectivity index (χ3v) is 4.09. The normalized spacial score (nSPS) is 10.8. The lowest BCUT2D eigenvalue weighted by Crippen LogP contribution is -2.12. The Bertz CT molecular complexity index is 686. The number of anilines is 2. The molecular formula is C17H23N3O2S. The number of aromatic nitrogens is 2. The Hall–Kier alpha value is -1.95. The second kappa shape index (κ2) is 8.62. The van der Waals surface area contributed by atoms with Crippen molar-refractivity contribution in [2.45, 2.75) is 38.2 Å². The molecule has 0 aliphatic carbocycles. The molecule has 0 spiro atoms. The van der Waals surface area contributed by atoms with E-state index in [1.165, 1.54) is 0 Å². The minimum Gasteiger partial charge on any atom is -0.491 e. The van der Waals surface area contributed by atoms with Gasteiger partial charge in [0.05, 0.1) is 18.0 Å². The summed E-state index contributed by atoms with van der Waals surface area (Å²) >= 11 is 1.75. The van der Waals surface area contributed by atoms with E-state index in [4.69, 9.17) is 4.74 Å². The Kier molecular flexibility index (Phi) is 6.52. The van der Waals surface area contributed by atoms with Crippen molar-refractivity contribution >= 4 is 23.4 Å². The molecule has 2 aromatic rings. The van der Waals surface area contributed by atoms with Crippen molar-refractivity contribution in [2.24, 2.45) is 0 Å². The number of thioether (sulfide) groups is 1. The van der Waals surface area contributed by atoms with Crippen LogP contribution in [0.4, 0.5) is 11.6 Å². The van der Waals surface area contributed by atoms with Crippen LogP contribution in [0.5, 0.6) is 5.75 Å². The summed E-state index contributed by atoms with van der Waals surface area (Å²) in [7, 11) is 0. The maximum absolute atomic E-state index is 11.8. The first kappa shape index (κ1) is 17.4. The fourth-order valence-corrected chi connectivity index (χ4v) is 2.58. The SMILES string of the molecule is CCCOc1ccccc1Nc1nc(CSC(C)C)cc(=O)[nH]1. The molecule has 23 heavy (non-hydrogen) atoms. The first-order chi connectivity index (χ1) is 11.1. The van der Waals surface area contributed by atoms with Gasteiger partial charge in [0.25, 0.3) is 5.56 Å². The highest BCUT2D eigenvalue weighted by Gasteiger charge is 2.07. The number of rotatable bonds is 8. The summed E-state index contributed by atoms with van der Waals surface area (Å²) in [5, 5.41) is 3.65. The highest BCUT2D eigenvalue weighted by atomic mass is 32.2. The predicted octanol–water partition coefficient (Wildman–Crippen LogP) is 3.94. The van der Waals surface area contributed by atoms with Crippen LogP contribution in [-0.2, 0) is 5.75 Å². The lowest BCUT2D eigenvalue weighted by Gasteiger charge is -2.12. The molecule has 0 aliphatic heterocycles. The molecule has 1 aromatic carbocycles. The fraction of sp³-hybridized carbons (Fsp3) is 0.412. The van der Waals surface area contributed by atoms with Crippen LogP contribution in [0.25, 0.3) is 0 Å². The van der Waals surface area contributed by atoms with Crippen molar-refractivity contribution in [1.82, 2.24) is 9.97 Å². The maximum Gasteiger partial charge on any atom is 0.252 e. The van der Waals surface area contributed by atoms with Crippen LogP contribution in [0.1, 0.15) is 32.9 Å². The molecule has 1 heterocycles. The monoisotopic (exact) mass is 333 g/mol. The second-order valence-corrected chi connectivity index (χ2v) is 6.98. The Balaban J connectivity index is 2.18. The molecule has 0 bridgehead atoms. The van der Waals surface area contributed by atoms with E-state index in [2.05, 4.69) is 36.1 Å². The van der Waals surface area contributed by atoms with E-state index >= 15 is 0 Å². The van der Waals surface area contributed by atoms with E-state index in [0.717, 1.165) is 23.6 Å². The van der Waals surface area contributed by atoms with Gasteiger partial charge in [-0.2, -0.15) is 11.8 Å². The number of nitrogens with one attached hydrogen (secondary N) is 2. The maximum atomic E-state index is 11.8. The minimum absolute atomic E-state index is 0.159. The molecule has 0 aliphatic rings. The van der Waals surface area contributed by atoms with Gasteiger partial charge < -0.3 is 10.1 Å². The molecule has 2 N–H and O–H groups in total. The van der Waals surface area contributed by atoms with Crippen molar-refractivity contribution in [3.05, 3.63) is 46.4 Å². The van der Waals surface area contributed by atoms with Crippen LogP contribution in [-0.4, -0.2) is 21.8 Å². The molecule has 0 amide bonds. The zero-order valence-corrected chi connectivity index (χ0v) is 14.6. The summed E-state index contributed by atoms with van der Waals surface area (Å²) in [6.07, 6.45) is 0.936. The van der Waals surface area contributed by atoms with Crippen molar-refractivity contribution in [1.29, 1.82) is 0 Å². The van der Waals surface area contributed by atoms with Crippen LogP contribution in [0.15, 0.2) is 35.1 Å². The van der Waals surface area contributed by atoms with Gasteiger partial charge in [0.15, 0.2) is 0 Å². The highest BCUT2D eigenvalue weighted by molar-refractivity contribution is 7.99. The Morgan fingerprint density at radius 3 is 2.87 bits per heavy atom. The van der Waals surface area contributed by atoms with Crippen molar-refractivity contribution < 1.29 is 4.74 Å². The summed E-state index contributed by atoms with van der Waals surface area (Å²) in [6.45, 7) is 6.95. The molecule has 0 saturated carbocycles. The van der Waals surface area contributed by atoms with Gasteiger partial charge in [-0.1, -0.05) is 32.9 Å². The van der Waals surface area contributed by atoms with Crippen LogP contribution in [0, 0.1) is 0 Å². The standard InChI is InChI=1S/C17H23N3O2S/c1-4-9-22-15-8-6-5-7-14(15)19-17-18-13(10-16(21)20-17)11-23-12(2)3/h5-8,10,12H,4,9,11H2,1-3H3,(H2,18,19,20,21). The average Bonchev–Trinajstić information content (AvgIpc) is 2.51. The van der Waals surface area contributed by atoms with Gasteiger partial charge in [-0.3, -0.25) is 9.78 Å². The van der Waals surface area contributed by atoms with E-state index < -0.39 is 0 Å². The lowest BCUT2D eigenvalue weighted by molar-refractivity contribution is 0.319. The Morgan fingerprint density at radius 2 is 2.13 bits per heavy atom. The first-order valence-corrected chi connectivity index (χ1v) is 8.84. The summed E-state index contributed by atoms with van der Waals surface area (Å²) in [5.41, 5.74) is 1.40. The smallest absolute Gasteiger partial charge is 0.252 e. The van der Waals surface area contributed by atoms with Gasteiger partial charge in [-0.25, -0.2) is 4.98 Å². The molecule has 0 atom stereocenters. The first-order valence-electron chi connectivity index (χ1n) is 7.79. The minimum atomic E-state index is -0.159. The van der Waals surface area contributed by atoms with Gasteiger partial charge in [0.2, 0.25) is 5.95 Å². The van der Waals surface area contributed by atoms with Crippen molar-refractivity contribution in [3.63, 3.8) is 0 Å². The molecular weight excluding hydrogens is 310 g/mol. The van der Waals surface area contributed by atoms with E-state index in [1.807, 2.05) is 24.3 Å². The van der Waals surface area contributed by atoms with Crippen LogP contribution in [0.2, 0.25) is 0 Å². The number of H-pyrrole nitrogens is 1. The fourth-order valence-electron chi connectivity index (χ4n) is 1.93. The zero-order valence-electron chi connectivity index (χ0n) is 13.8. The van der Waals surface area contributed by atoms with Crippen LogP contribution in [0.3, 0.4) is 0 Å². The number of ether oxygens (including phenoxy) is 1. The molecule has 6 heteroatoms. The third-order valence-electron chi connectivity index (χ3n) is 2.96. The second-order valence-electron chi connectivity index (χ2n) is 5.41.